The maximum absolute atomic E-state index is 12.3. The standard InChI is InChI=1S/C8H7F3N4O2S/c1-15-7(13-5(16)6(17)14-15)18-3-4(2-12)8(9,10)11/h4H,3H2,1H3,(H,14,17). The Balaban J connectivity index is 2.88. The minimum Gasteiger partial charge on any atom is -0.265 e. The van der Waals surface area contributed by atoms with Crippen molar-refractivity contribution >= 4 is 11.8 Å². The summed E-state index contributed by atoms with van der Waals surface area (Å²) in [6.07, 6.45) is -4.64. The second-order valence-corrected chi connectivity index (χ2v) is 4.22. The molecule has 1 rings (SSSR count). The largest absolute Gasteiger partial charge is 0.405 e. The molecule has 1 N–H and O–H groups in total. The van der Waals surface area contributed by atoms with Crippen LogP contribution in [-0.2, 0) is 7.05 Å². The van der Waals surface area contributed by atoms with Gasteiger partial charge in [-0.2, -0.15) is 23.4 Å². The molecule has 0 saturated carbocycles. The van der Waals surface area contributed by atoms with Crippen LogP contribution in [0.5, 0.6) is 0 Å². The fourth-order valence-electron chi connectivity index (χ4n) is 0.953. The lowest BCUT2D eigenvalue weighted by molar-refractivity contribution is -0.152. The summed E-state index contributed by atoms with van der Waals surface area (Å²) in [5.74, 6) is -2.77. The van der Waals surface area contributed by atoms with Crippen molar-refractivity contribution in [3.63, 3.8) is 0 Å². The summed E-state index contributed by atoms with van der Waals surface area (Å²) in [6.45, 7) is 0. The highest BCUT2D eigenvalue weighted by Crippen LogP contribution is 2.29. The molecule has 0 saturated heterocycles. The zero-order valence-corrected chi connectivity index (χ0v) is 9.80. The van der Waals surface area contributed by atoms with E-state index < -0.39 is 29.0 Å². The molecule has 0 radical (unpaired) electrons. The van der Waals surface area contributed by atoms with Gasteiger partial charge in [-0.1, -0.05) is 11.8 Å². The van der Waals surface area contributed by atoms with Crippen molar-refractivity contribution in [3.05, 3.63) is 20.7 Å². The van der Waals surface area contributed by atoms with E-state index in [2.05, 4.69) is 10.1 Å². The molecule has 6 nitrogen and oxygen atoms in total. The maximum atomic E-state index is 12.3. The number of nitrogens with one attached hydrogen (secondary N) is 1. The number of hydrogen-bond donors (Lipinski definition) is 1. The van der Waals surface area contributed by atoms with Gasteiger partial charge in [-0.25, -0.2) is 0 Å². The highest BCUT2D eigenvalue weighted by atomic mass is 32.2. The van der Waals surface area contributed by atoms with Gasteiger partial charge in [-0.3, -0.25) is 19.4 Å². The molecule has 1 heterocycles. The molecule has 0 amide bonds. The van der Waals surface area contributed by atoms with Crippen LogP contribution in [0.1, 0.15) is 0 Å². The van der Waals surface area contributed by atoms with E-state index in [4.69, 9.17) is 5.26 Å². The fraction of sp³-hybridized carbons (Fsp3) is 0.500. The lowest BCUT2D eigenvalue weighted by atomic mass is 10.2. The Hall–Kier alpha value is -1.76. The SMILES string of the molecule is Cn1[nH]c(=O)c(=O)nc1SCC(C#N)C(F)(F)F. The first-order valence-corrected chi connectivity index (χ1v) is 5.50. The average molecular weight is 280 g/mol. The number of nitrogens with zero attached hydrogens (tertiary/aromatic N) is 3. The van der Waals surface area contributed by atoms with Gasteiger partial charge < -0.3 is 0 Å². The number of nitriles is 1. The Morgan fingerprint density at radius 2 is 2.17 bits per heavy atom. The quantitative estimate of drug-likeness (QED) is 0.633. The topological polar surface area (TPSA) is 91.5 Å². The molecule has 1 aromatic rings. The Bertz CT molecular complexity index is 586. The highest BCUT2D eigenvalue weighted by molar-refractivity contribution is 7.99. The van der Waals surface area contributed by atoms with Crippen molar-refractivity contribution < 1.29 is 13.2 Å². The average Bonchev–Trinajstić information content (AvgIpc) is 2.24. The number of hydrogen-bond acceptors (Lipinski definition) is 5. The first-order chi connectivity index (χ1) is 8.25. The lowest BCUT2D eigenvalue weighted by Gasteiger charge is -2.12. The molecule has 0 aliphatic heterocycles. The predicted molar refractivity (Wildman–Crippen MR) is 56.0 cm³/mol. The van der Waals surface area contributed by atoms with Crippen molar-refractivity contribution in [1.82, 2.24) is 14.8 Å². The number of H-pyrrole nitrogens is 1. The van der Waals surface area contributed by atoms with Gasteiger partial charge in [0, 0.05) is 12.8 Å². The van der Waals surface area contributed by atoms with Gasteiger partial charge in [0.1, 0.15) is 0 Å². The zero-order chi connectivity index (χ0) is 13.9. The summed E-state index contributed by atoms with van der Waals surface area (Å²) in [7, 11) is 1.32. The Morgan fingerprint density at radius 3 is 2.67 bits per heavy atom. The number of halogens is 3. The third-order valence-electron chi connectivity index (χ3n) is 1.88. The molecule has 1 atom stereocenters. The van der Waals surface area contributed by atoms with E-state index in [9.17, 15) is 22.8 Å². The van der Waals surface area contributed by atoms with Crippen molar-refractivity contribution in [2.24, 2.45) is 13.0 Å². The molecular formula is C8H7F3N4O2S. The molecule has 0 fully saturated rings. The van der Waals surface area contributed by atoms with E-state index in [1.807, 2.05) is 0 Å². The molecule has 98 valence electrons. The van der Waals surface area contributed by atoms with E-state index in [0.29, 0.717) is 11.8 Å². The number of aromatic nitrogens is 3. The van der Waals surface area contributed by atoms with Crippen LogP contribution < -0.4 is 11.1 Å². The van der Waals surface area contributed by atoms with Crippen LogP contribution in [0.25, 0.3) is 0 Å². The van der Waals surface area contributed by atoms with Crippen LogP contribution in [0.3, 0.4) is 0 Å². The van der Waals surface area contributed by atoms with Crippen LogP contribution in [0.4, 0.5) is 13.2 Å². The third-order valence-corrected chi connectivity index (χ3v) is 3.00. The van der Waals surface area contributed by atoms with Crippen LogP contribution in [0, 0.1) is 17.2 Å². The summed E-state index contributed by atoms with van der Waals surface area (Å²) in [6, 6.07) is 1.12. The van der Waals surface area contributed by atoms with Gasteiger partial charge in [0.2, 0.25) is 0 Å². The summed E-state index contributed by atoms with van der Waals surface area (Å²) < 4.78 is 37.9. The summed E-state index contributed by atoms with van der Waals surface area (Å²) in [5, 5.41) is 10.4. The molecule has 0 aliphatic rings. The monoisotopic (exact) mass is 280 g/mol. The first-order valence-electron chi connectivity index (χ1n) is 4.52. The van der Waals surface area contributed by atoms with E-state index in [1.54, 1.807) is 0 Å². The second-order valence-electron chi connectivity index (χ2n) is 3.23. The Labute approximate surface area is 102 Å². The molecule has 10 heteroatoms. The number of aromatic amines is 1. The molecule has 1 aromatic heterocycles. The van der Waals surface area contributed by atoms with E-state index in [-0.39, 0.29) is 5.16 Å². The van der Waals surface area contributed by atoms with E-state index in [1.165, 1.54) is 7.05 Å². The highest BCUT2D eigenvalue weighted by Gasteiger charge is 2.40. The van der Waals surface area contributed by atoms with Crippen LogP contribution >= 0.6 is 11.8 Å². The summed E-state index contributed by atoms with van der Waals surface area (Å²) >= 11 is 0.569. The zero-order valence-electron chi connectivity index (χ0n) is 8.98. The Morgan fingerprint density at radius 1 is 1.56 bits per heavy atom. The smallest absolute Gasteiger partial charge is 0.265 e. The van der Waals surface area contributed by atoms with Gasteiger partial charge in [0.25, 0.3) is 0 Å². The van der Waals surface area contributed by atoms with Gasteiger partial charge in [0.05, 0.1) is 6.07 Å². The normalized spacial score (nSPS) is 13.1. The van der Waals surface area contributed by atoms with Crippen molar-refractivity contribution in [3.8, 4) is 6.07 Å². The van der Waals surface area contributed by atoms with Crippen molar-refractivity contribution in [2.45, 2.75) is 11.3 Å². The first kappa shape index (κ1) is 14.3. The van der Waals surface area contributed by atoms with Gasteiger partial charge in [0.15, 0.2) is 11.1 Å². The van der Waals surface area contributed by atoms with Gasteiger partial charge >= 0.3 is 17.3 Å². The molecule has 18 heavy (non-hydrogen) atoms. The third kappa shape index (κ3) is 3.36. The maximum Gasteiger partial charge on any atom is 0.405 e. The molecular weight excluding hydrogens is 273 g/mol. The van der Waals surface area contributed by atoms with E-state index >= 15 is 0 Å². The van der Waals surface area contributed by atoms with Gasteiger partial charge in [-0.05, 0) is 0 Å². The number of aryl methyl sites for hydroxylation is 1. The number of thioether (sulfide) groups is 1. The Kier molecular flexibility index (Phi) is 4.18. The van der Waals surface area contributed by atoms with Crippen LogP contribution in [-0.4, -0.2) is 26.7 Å². The molecule has 0 bridgehead atoms. The summed E-state index contributed by atoms with van der Waals surface area (Å²) in [5.41, 5.74) is -2.05. The number of rotatable bonds is 3. The summed E-state index contributed by atoms with van der Waals surface area (Å²) in [4.78, 5) is 25.1. The molecule has 1 unspecified atom stereocenters. The van der Waals surface area contributed by atoms with Gasteiger partial charge in [-0.15, -0.1) is 0 Å². The molecule has 0 spiro atoms. The van der Waals surface area contributed by atoms with Crippen LogP contribution in [0.15, 0.2) is 14.7 Å². The minimum absolute atomic E-state index is 0.0934. The molecule has 0 aliphatic carbocycles. The predicted octanol–water partition coefficient (Wildman–Crippen LogP) is 0.263. The van der Waals surface area contributed by atoms with Crippen LogP contribution in [0.2, 0.25) is 0 Å². The lowest BCUT2D eigenvalue weighted by Crippen LogP contribution is -2.34. The molecule has 0 aromatic carbocycles. The minimum atomic E-state index is -4.64. The number of alkyl halides is 3. The van der Waals surface area contributed by atoms with Crippen molar-refractivity contribution in [1.29, 1.82) is 5.26 Å². The van der Waals surface area contributed by atoms with Crippen molar-refractivity contribution in [2.75, 3.05) is 5.75 Å². The second kappa shape index (κ2) is 5.26. The van der Waals surface area contributed by atoms with E-state index in [0.717, 1.165) is 10.8 Å². The fourth-order valence-corrected chi connectivity index (χ4v) is 1.92.